The van der Waals surface area contributed by atoms with E-state index in [1.165, 1.54) is 18.2 Å². The maximum atomic E-state index is 12.0. The molecular weight excluding hydrogens is 356 g/mol. The van der Waals surface area contributed by atoms with Gasteiger partial charge in [0.25, 0.3) is 0 Å². The van der Waals surface area contributed by atoms with E-state index in [9.17, 15) is 14.7 Å². The fourth-order valence-electron chi connectivity index (χ4n) is 2.99. The summed E-state index contributed by atoms with van der Waals surface area (Å²) in [6, 6.07) is 22.7. The van der Waals surface area contributed by atoms with Crippen LogP contribution in [0.4, 0.5) is 0 Å². The van der Waals surface area contributed by atoms with Crippen molar-refractivity contribution in [3.8, 4) is 16.9 Å². The van der Waals surface area contributed by atoms with Gasteiger partial charge in [-0.2, -0.15) is 0 Å². The highest BCUT2D eigenvalue weighted by Crippen LogP contribution is 2.29. The number of rotatable bonds is 5. The van der Waals surface area contributed by atoms with Gasteiger partial charge >= 0.3 is 5.63 Å². The molecule has 0 atom stereocenters. The molecule has 0 aliphatic rings. The zero-order valence-electron chi connectivity index (χ0n) is 14.8. The van der Waals surface area contributed by atoms with Crippen LogP contribution in [-0.4, -0.2) is 5.97 Å². The second-order valence-corrected chi connectivity index (χ2v) is 6.28. The van der Waals surface area contributed by atoms with Gasteiger partial charge in [-0.25, -0.2) is 4.79 Å². The summed E-state index contributed by atoms with van der Waals surface area (Å²) in [5.74, 6) is -0.670. The van der Waals surface area contributed by atoms with Crippen LogP contribution in [0.1, 0.15) is 15.9 Å². The number of hydrogen-bond acceptors (Lipinski definition) is 5. The third-order valence-corrected chi connectivity index (χ3v) is 4.40. The van der Waals surface area contributed by atoms with E-state index in [2.05, 4.69) is 0 Å². The first-order valence-corrected chi connectivity index (χ1v) is 8.66. The standard InChI is InChI=1S/C23H16O5/c24-22-13-20(16-4-2-1-3-5-16)19-11-10-18(12-21(19)28-22)27-14-15-6-8-17(9-7-15)23(25)26/h1-13H,14H2,(H,25,26)/p-1. The molecule has 1 heterocycles. The zero-order chi connectivity index (χ0) is 19.5. The van der Waals surface area contributed by atoms with Crippen molar-refractivity contribution in [2.75, 3.05) is 0 Å². The lowest BCUT2D eigenvalue weighted by Crippen LogP contribution is -2.22. The lowest BCUT2D eigenvalue weighted by atomic mass is 10.0. The van der Waals surface area contributed by atoms with Gasteiger partial charge < -0.3 is 19.1 Å². The Labute approximate surface area is 160 Å². The number of carboxylic acid groups (broad SMARTS) is 1. The van der Waals surface area contributed by atoms with E-state index >= 15 is 0 Å². The normalized spacial score (nSPS) is 10.7. The van der Waals surface area contributed by atoms with Gasteiger partial charge in [0.2, 0.25) is 0 Å². The van der Waals surface area contributed by atoms with Crippen molar-refractivity contribution in [3.63, 3.8) is 0 Å². The van der Waals surface area contributed by atoms with Crippen molar-refractivity contribution in [2.45, 2.75) is 6.61 Å². The van der Waals surface area contributed by atoms with Gasteiger partial charge in [0.1, 0.15) is 17.9 Å². The molecule has 0 unspecified atom stereocenters. The summed E-state index contributed by atoms with van der Waals surface area (Å²) in [5.41, 5.74) is 2.67. The summed E-state index contributed by atoms with van der Waals surface area (Å²) >= 11 is 0. The Morgan fingerprint density at radius 2 is 1.68 bits per heavy atom. The van der Waals surface area contributed by atoms with Crippen LogP contribution < -0.4 is 15.5 Å². The average molecular weight is 371 g/mol. The third kappa shape index (κ3) is 3.64. The largest absolute Gasteiger partial charge is 0.545 e. The Balaban J connectivity index is 1.61. The van der Waals surface area contributed by atoms with Gasteiger partial charge in [0.05, 0.1) is 5.97 Å². The molecule has 0 aliphatic heterocycles. The van der Waals surface area contributed by atoms with E-state index in [0.717, 1.165) is 22.1 Å². The number of fused-ring (bicyclic) bond motifs is 1. The van der Waals surface area contributed by atoms with Crippen LogP contribution in [0, 0.1) is 0 Å². The summed E-state index contributed by atoms with van der Waals surface area (Å²) in [6.07, 6.45) is 0. The predicted octanol–water partition coefficient (Wildman–Crippen LogP) is 3.40. The van der Waals surface area contributed by atoms with Crippen molar-refractivity contribution in [3.05, 3.63) is 100 Å². The van der Waals surface area contributed by atoms with Gasteiger partial charge in [-0.05, 0) is 34.4 Å². The highest BCUT2D eigenvalue weighted by molar-refractivity contribution is 5.93. The van der Waals surface area contributed by atoms with Crippen molar-refractivity contribution >= 4 is 16.9 Å². The number of carboxylic acids is 1. The Morgan fingerprint density at radius 1 is 0.929 bits per heavy atom. The molecule has 138 valence electrons. The molecule has 5 nitrogen and oxygen atoms in total. The van der Waals surface area contributed by atoms with Crippen LogP contribution in [0.25, 0.3) is 22.1 Å². The third-order valence-electron chi connectivity index (χ3n) is 4.40. The Bertz CT molecular complexity index is 1190. The first-order chi connectivity index (χ1) is 13.6. The molecule has 5 heteroatoms. The van der Waals surface area contributed by atoms with Crippen LogP contribution in [-0.2, 0) is 6.61 Å². The topological polar surface area (TPSA) is 79.6 Å². The zero-order valence-corrected chi connectivity index (χ0v) is 14.8. The molecule has 0 saturated carbocycles. The quantitative estimate of drug-likeness (QED) is 0.502. The summed E-state index contributed by atoms with van der Waals surface area (Å²) in [4.78, 5) is 22.8. The van der Waals surface area contributed by atoms with E-state index in [-0.39, 0.29) is 12.2 Å². The molecule has 0 saturated heterocycles. The van der Waals surface area contributed by atoms with Crippen LogP contribution >= 0.6 is 0 Å². The van der Waals surface area contributed by atoms with Crippen molar-refractivity contribution in [2.24, 2.45) is 0 Å². The molecular formula is C23H15O5-. The van der Waals surface area contributed by atoms with E-state index in [1.54, 1.807) is 18.2 Å². The van der Waals surface area contributed by atoms with Crippen LogP contribution in [0.15, 0.2) is 88.1 Å². The Morgan fingerprint density at radius 3 is 2.39 bits per heavy atom. The van der Waals surface area contributed by atoms with Crippen LogP contribution in [0.2, 0.25) is 0 Å². The average Bonchev–Trinajstić information content (AvgIpc) is 2.72. The number of aromatic carboxylic acids is 1. The molecule has 0 N–H and O–H groups in total. The number of benzene rings is 3. The molecule has 1 aromatic heterocycles. The minimum Gasteiger partial charge on any atom is -0.545 e. The SMILES string of the molecule is O=C([O-])c1ccc(COc2ccc3c(-c4ccccc4)cc(=O)oc3c2)cc1. The monoisotopic (exact) mass is 371 g/mol. The van der Waals surface area contributed by atoms with E-state index < -0.39 is 11.6 Å². The Kier molecular flexibility index (Phi) is 4.64. The van der Waals surface area contributed by atoms with Gasteiger partial charge in [-0.15, -0.1) is 0 Å². The highest BCUT2D eigenvalue weighted by Gasteiger charge is 2.09. The van der Waals surface area contributed by atoms with Crippen molar-refractivity contribution < 1.29 is 19.1 Å². The van der Waals surface area contributed by atoms with E-state index in [4.69, 9.17) is 9.15 Å². The first-order valence-electron chi connectivity index (χ1n) is 8.66. The van der Waals surface area contributed by atoms with Gasteiger partial charge in [0.15, 0.2) is 0 Å². The molecule has 4 rings (SSSR count). The lowest BCUT2D eigenvalue weighted by Gasteiger charge is -2.10. The molecule has 0 aliphatic carbocycles. The maximum absolute atomic E-state index is 12.0. The molecule has 0 fully saturated rings. The smallest absolute Gasteiger partial charge is 0.336 e. The Hall–Kier alpha value is -3.86. The van der Waals surface area contributed by atoms with Crippen LogP contribution in [0.3, 0.4) is 0 Å². The van der Waals surface area contributed by atoms with Crippen LogP contribution in [0.5, 0.6) is 5.75 Å². The minimum absolute atomic E-state index is 0.115. The minimum atomic E-state index is -1.22. The summed E-state index contributed by atoms with van der Waals surface area (Å²) in [7, 11) is 0. The maximum Gasteiger partial charge on any atom is 0.336 e. The number of ether oxygens (including phenoxy) is 1. The summed E-state index contributed by atoms with van der Waals surface area (Å²) in [5, 5.41) is 11.6. The summed E-state index contributed by atoms with van der Waals surface area (Å²) in [6.45, 7) is 0.251. The lowest BCUT2D eigenvalue weighted by molar-refractivity contribution is -0.255. The fourth-order valence-corrected chi connectivity index (χ4v) is 2.99. The van der Waals surface area contributed by atoms with Gasteiger partial charge in [0, 0.05) is 17.5 Å². The number of carbonyl (C=O) groups excluding carboxylic acids is 1. The number of hydrogen-bond donors (Lipinski definition) is 0. The van der Waals surface area contributed by atoms with Gasteiger partial charge in [-0.3, -0.25) is 0 Å². The number of carbonyl (C=O) groups is 1. The first kappa shape index (κ1) is 17.5. The van der Waals surface area contributed by atoms with Gasteiger partial charge in [-0.1, -0.05) is 54.6 Å². The molecule has 0 amide bonds. The molecule has 3 aromatic carbocycles. The molecule has 0 bridgehead atoms. The molecule has 28 heavy (non-hydrogen) atoms. The second kappa shape index (κ2) is 7.40. The molecule has 0 spiro atoms. The van der Waals surface area contributed by atoms with E-state index in [1.807, 2.05) is 42.5 Å². The summed E-state index contributed by atoms with van der Waals surface area (Å²) < 4.78 is 11.1. The highest BCUT2D eigenvalue weighted by atomic mass is 16.5. The predicted molar refractivity (Wildman–Crippen MR) is 103 cm³/mol. The van der Waals surface area contributed by atoms with Crippen molar-refractivity contribution in [1.29, 1.82) is 0 Å². The fraction of sp³-hybridized carbons (Fsp3) is 0.0435. The van der Waals surface area contributed by atoms with E-state index in [0.29, 0.717) is 11.3 Å². The van der Waals surface area contributed by atoms with Crippen molar-refractivity contribution in [1.82, 2.24) is 0 Å². The molecule has 0 radical (unpaired) electrons. The molecule has 4 aromatic rings. The second-order valence-electron chi connectivity index (χ2n) is 6.28.